The SMILES string of the molecule is OC(CCCc1ccccc1)Cc1ccc(Cl)cc1. The highest BCUT2D eigenvalue weighted by atomic mass is 35.5. The van der Waals surface area contributed by atoms with Gasteiger partial charge in [0, 0.05) is 5.02 Å². The van der Waals surface area contributed by atoms with Gasteiger partial charge in [0.15, 0.2) is 0 Å². The van der Waals surface area contributed by atoms with E-state index >= 15 is 0 Å². The average Bonchev–Trinajstić information content (AvgIpc) is 2.43. The van der Waals surface area contributed by atoms with Crippen molar-refractivity contribution in [3.8, 4) is 0 Å². The van der Waals surface area contributed by atoms with Gasteiger partial charge in [0.2, 0.25) is 0 Å². The smallest absolute Gasteiger partial charge is 0.0580 e. The topological polar surface area (TPSA) is 20.2 Å². The molecular formula is C17H19ClO. The summed E-state index contributed by atoms with van der Waals surface area (Å²) in [6.45, 7) is 0. The van der Waals surface area contributed by atoms with E-state index in [0.717, 1.165) is 29.8 Å². The molecule has 0 aliphatic rings. The van der Waals surface area contributed by atoms with Crippen LogP contribution in [-0.2, 0) is 12.8 Å². The molecule has 0 spiro atoms. The largest absolute Gasteiger partial charge is 0.393 e. The molecule has 0 aromatic heterocycles. The van der Waals surface area contributed by atoms with Gasteiger partial charge in [-0.1, -0.05) is 54.1 Å². The number of benzene rings is 2. The first-order chi connectivity index (χ1) is 9.24. The standard InChI is InChI=1S/C17H19ClO/c18-16-11-9-15(10-12-16)13-17(19)8-4-7-14-5-2-1-3-6-14/h1-3,5-6,9-12,17,19H,4,7-8,13H2. The Morgan fingerprint density at radius 3 is 2.26 bits per heavy atom. The lowest BCUT2D eigenvalue weighted by molar-refractivity contribution is 0.162. The minimum atomic E-state index is -0.273. The molecule has 2 heteroatoms. The van der Waals surface area contributed by atoms with Gasteiger partial charge in [-0.25, -0.2) is 0 Å². The average molecular weight is 275 g/mol. The minimum Gasteiger partial charge on any atom is -0.393 e. The van der Waals surface area contributed by atoms with Crippen LogP contribution < -0.4 is 0 Å². The maximum absolute atomic E-state index is 10.0. The number of aryl methyl sites for hydroxylation is 1. The summed E-state index contributed by atoms with van der Waals surface area (Å²) in [7, 11) is 0. The molecule has 1 nitrogen and oxygen atoms in total. The van der Waals surface area contributed by atoms with Crippen LogP contribution in [-0.4, -0.2) is 11.2 Å². The highest BCUT2D eigenvalue weighted by molar-refractivity contribution is 6.30. The molecule has 0 saturated carbocycles. The van der Waals surface area contributed by atoms with E-state index in [0.29, 0.717) is 6.42 Å². The summed E-state index contributed by atoms with van der Waals surface area (Å²) in [6.07, 6.45) is 3.30. The van der Waals surface area contributed by atoms with Crippen LogP contribution in [0.3, 0.4) is 0 Å². The van der Waals surface area contributed by atoms with Gasteiger partial charge in [-0.05, 0) is 48.9 Å². The van der Waals surface area contributed by atoms with Gasteiger partial charge in [-0.2, -0.15) is 0 Å². The zero-order valence-electron chi connectivity index (χ0n) is 10.9. The van der Waals surface area contributed by atoms with Crippen molar-refractivity contribution in [3.05, 3.63) is 70.7 Å². The van der Waals surface area contributed by atoms with Crippen molar-refractivity contribution in [2.45, 2.75) is 31.8 Å². The summed E-state index contributed by atoms with van der Waals surface area (Å²) in [5.41, 5.74) is 2.47. The lowest BCUT2D eigenvalue weighted by Gasteiger charge is -2.10. The molecule has 1 atom stereocenters. The fourth-order valence-corrected chi connectivity index (χ4v) is 2.31. The molecule has 0 radical (unpaired) electrons. The van der Waals surface area contributed by atoms with Gasteiger partial charge in [0.25, 0.3) is 0 Å². The Morgan fingerprint density at radius 1 is 0.895 bits per heavy atom. The van der Waals surface area contributed by atoms with Crippen LogP contribution in [0.1, 0.15) is 24.0 Å². The Kier molecular flexibility index (Phi) is 5.44. The lowest BCUT2D eigenvalue weighted by atomic mass is 10.0. The van der Waals surface area contributed by atoms with Gasteiger partial charge in [0.1, 0.15) is 0 Å². The Balaban J connectivity index is 1.73. The lowest BCUT2D eigenvalue weighted by Crippen LogP contribution is -2.10. The van der Waals surface area contributed by atoms with Gasteiger partial charge in [-0.15, -0.1) is 0 Å². The Bertz CT molecular complexity index is 478. The molecule has 100 valence electrons. The first-order valence-electron chi connectivity index (χ1n) is 6.70. The summed E-state index contributed by atoms with van der Waals surface area (Å²) < 4.78 is 0. The number of halogens is 1. The first-order valence-corrected chi connectivity index (χ1v) is 7.08. The van der Waals surface area contributed by atoms with E-state index in [1.54, 1.807) is 0 Å². The predicted molar refractivity (Wildman–Crippen MR) is 80.5 cm³/mol. The summed E-state index contributed by atoms with van der Waals surface area (Å²) in [5.74, 6) is 0. The second-order valence-electron chi connectivity index (χ2n) is 4.86. The van der Waals surface area contributed by atoms with E-state index in [4.69, 9.17) is 11.6 Å². The molecule has 2 rings (SSSR count). The second kappa shape index (κ2) is 7.32. The molecule has 0 amide bonds. The van der Waals surface area contributed by atoms with Crippen molar-refractivity contribution < 1.29 is 5.11 Å². The Morgan fingerprint density at radius 2 is 1.58 bits per heavy atom. The highest BCUT2D eigenvalue weighted by Crippen LogP contribution is 2.13. The van der Waals surface area contributed by atoms with Gasteiger partial charge >= 0.3 is 0 Å². The molecule has 2 aromatic rings. The summed E-state index contributed by atoms with van der Waals surface area (Å²) in [5, 5.41) is 10.8. The number of rotatable bonds is 6. The molecular weight excluding hydrogens is 256 g/mol. The first kappa shape index (κ1) is 14.1. The minimum absolute atomic E-state index is 0.273. The molecule has 19 heavy (non-hydrogen) atoms. The van der Waals surface area contributed by atoms with Crippen LogP contribution >= 0.6 is 11.6 Å². The fraction of sp³-hybridized carbons (Fsp3) is 0.294. The van der Waals surface area contributed by atoms with Crippen molar-refractivity contribution in [1.29, 1.82) is 0 Å². The van der Waals surface area contributed by atoms with Crippen molar-refractivity contribution in [1.82, 2.24) is 0 Å². The number of aliphatic hydroxyl groups is 1. The van der Waals surface area contributed by atoms with E-state index in [1.807, 2.05) is 30.3 Å². The number of aliphatic hydroxyl groups excluding tert-OH is 1. The van der Waals surface area contributed by atoms with E-state index in [9.17, 15) is 5.11 Å². The quantitative estimate of drug-likeness (QED) is 0.834. The number of hydrogen-bond donors (Lipinski definition) is 1. The number of hydrogen-bond acceptors (Lipinski definition) is 1. The normalized spacial score (nSPS) is 12.3. The predicted octanol–water partition coefficient (Wildman–Crippen LogP) is 4.27. The van der Waals surface area contributed by atoms with Crippen LogP contribution in [0.2, 0.25) is 5.02 Å². The molecule has 2 aromatic carbocycles. The molecule has 0 bridgehead atoms. The molecule has 0 heterocycles. The summed E-state index contributed by atoms with van der Waals surface area (Å²) in [4.78, 5) is 0. The maximum atomic E-state index is 10.0. The van der Waals surface area contributed by atoms with Gasteiger partial charge < -0.3 is 5.11 Å². The van der Waals surface area contributed by atoms with Crippen LogP contribution in [0, 0.1) is 0 Å². The second-order valence-corrected chi connectivity index (χ2v) is 5.30. The summed E-state index contributed by atoms with van der Waals surface area (Å²) in [6, 6.07) is 18.1. The summed E-state index contributed by atoms with van der Waals surface area (Å²) >= 11 is 5.84. The molecule has 0 fully saturated rings. The molecule has 0 aliphatic heterocycles. The zero-order valence-corrected chi connectivity index (χ0v) is 11.7. The fourth-order valence-electron chi connectivity index (χ4n) is 2.18. The van der Waals surface area contributed by atoms with Crippen LogP contribution in [0.4, 0.5) is 0 Å². The highest BCUT2D eigenvalue weighted by Gasteiger charge is 2.05. The van der Waals surface area contributed by atoms with Gasteiger partial charge in [-0.3, -0.25) is 0 Å². The maximum Gasteiger partial charge on any atom is 0.0580 e. The molecule has 0 saturated heterocycles. The third-order valence-corrected chi connectivity index (χ3v) is 3.48. The van der Waals surface area contributed by atoms with Crippen LogP contribution in [0.5, 0.6) is 0 Å². The third-order valence-electron chi connectivity index (χ3n) is 3.23. The van der Waals surface area contributed by atoms with Crippen molar-refractivity contribution in [2.75, 3.05) is 0 Å². The Hall–Kier alpha value is -1.31. The van der Waals surface area contributed by atoms with Gasteiger partial charge in [0.05, 0.1) is 6.10 Å². The molecule has 1 N–H and O–H groups in total. The van der Waals surface area contributed by atoms with E-state index in [1.165, 1.54) is 5.56 Å². The van der Waals surface area contributed by atoms with E-state index < -0.39 is 0 Å². The molecule has 0 aliphatic carbocycles. The monoisotopic (exact) mass is 274 g/mol. The van der Waals surface area contributed by atoms with Crippen LogP contribution in [0.15, 0.2) is 54.6 Å². The van der Waals surface area contributed by atoms with E-state index in [2.05, 4.69) is 24.3 Å². The van der Waals surface area contributed by atoms with Crippen LogP contribution in [0.25, 0.3) is 0 Å². The zero-order chi connectivity index (χ0) is 13.5. The van der Waals surface area contributed by atoms with Crippen molar-refractivity contribution in [3.63, 3.8) is 0 Å². The Labute approximate surface area is 119 Å². The van der Waals surface area contributed by atoms with Crippen molar-refractivity contribution in [2.24, 2.45) is 0 Å². The van der Waals surface area contributed by atoms with Crippen molar-refractivity contribution >= 4 is 11.6 Å². The molecule has 1 unspecified atom stereocenters. The van der Waals surface area contributed by atoms with E-state index in [-0.39, 0.29) is 6.10 Å². The third kappa shape index (κ3) is 5.06.